The molecular weight excluding hydrogens is 356 g/mol. The van der Waals surface area contributed by atoms with E-state index in [9.17, 15) is 13.2 Å². The van der Waals surface area contributed by atoms with Crippen LogP contribution in [-0.2, 0) is 14.8 Å². The molecule has 0 aliphatic carbocycles. The molecular formula is C18H28N2O5S. The van der Waals surface area contributed by atoms with Crippen LogP contribution in [0.1, 0.15) is 37.0 Å². The third kappa shape index (κ3) is 4.55. The van der Waals surface area contributed by atoms with Crippen LogP contribution >= 0.6 is 0 Å². The quantitative estimate of drug-likeness (QED) is 0.685. The van der Waals surface area contributed by atoms with Gasteiger partial charge < -0.3 is 14.4 Å². The van der Waals surface area contributed by atoms with Crippen LogP contribution in [0.4, 0.5) is 0 Å². The number of ether oxygens (including phenoxy) is 2. The number of hydrogen-bond donors (Lipinski definition) is 0. The fourth-order valence-electron chi connectivity index (χ4n) is 2.97. The minimum Gasteiger partial charge on any atom is -0.495 e. The Morgan fingerprint density at radius 3 is 2.35 bits per heavy atom. The Labute approximate surface area is 155 Å². The molecule has 1 amide bonds. The summed E-state index contributed by atoms with van der Waals surface area (Å²) in [5, 5.41) is 0. The van der Waals surface area contributed by atoms with Crippen molar-refractivity contribution in [1.82, 2.24) is 9.21 Å². The van der Waals surface area contributed by atoms with Crippen LogP contribution in [-0.4, -0.2) is 70.0 Å². The van der Waals surface area contributed by atoms with Crippen LogP contribution in [0.5, 0.6) is 5.75 Å². The first-order valence-electron chi connectivity index (χ1n) is 9.00. The molecule has 2 rings (SSSR count). The monoisotopic (exact) mass is 384 g/mol. The van der Waals surface area contributed by atoms with Gasteiger partial charge in [-0.25, -0.2) is 8.42 Å². The smallest absolute Gasteiger partial charge is 0.253 e. The number of methoxy groups -OCH3 is 1. The molecule has 0 bridgehead atoms. The van der Waals surface area contributed by atoms with Crippen LogP contribution in [0.3, 0.4) is 0 Å². The Morgan fingerprint density at radius 2 is 1.81 bits per heavy atom. The highest BCUT2D eigenvalue weighted by atomic mass is 32.2. The molecule has 0 unspecified atom stereocenters. The summed E-state index contributed by atoms with van der Waals surface area (Å²) < 4.78 is 37.9. The molecule has 26 heavy (non-hydrogen) atoms. The second kappa shape index (κ2) is 9.34. The van der Waals surface area contributed by atoms with Crippen molar-refractivity contribution in [3.8, 4) is 5.75 Å². The van der Waals surface area contributed by atoms with E-state index in [2.05, 4.69) is 0 Å². The molecule has 8 heteroatoms. The topological polar surface area (TPSA) is 76.2 Å². The Balaban J connectivity index is 2.40. The van der Waals surface area contributed by atoms with Gasteiger partial charge in [-0.1, -0.05) is 13.8 Å². The molecule has 1 aliphatic rings. The lowest BCUT2D eigenvalue weighted by atomic mass is 10.1. The van der Waals surface area contributed by atoms with E-state index in [1.165, 1.54) is 17.5 Å². The van der Waals surface area contributed by atoms with Crippen molar-refractivity contribution in [3.05, 3.63) is 23.8 Å². The molecule has 0 radical (unpaired) electrons. The SMILES string of the molecule is CCCN(CCC)C(=O)c1ccc(OC)c(S(=O)(=O)N2CCOCC2)c1. The summed E-state index contributed by atoms with van der Waals surface area (Å²) in [5.41, 5.74) is 0.361. The standard InChI is InChI=1S/C18H28N2O5S/c1-4-8-19(9-5-2)18(21)15-6-7-16(24-3)17(14-15)26(22,23)20-10-12-25-13-11-20/h6-7,14H,4-5,8-13H2,1-3H3. The maximum atomic E-state index is 13.0. The van der Waals surface area contributed by atoms with Crippen LogP contribution in [0.2, 0.25) is 0 Å². The number of rotatable bonds is 8. The molecule has 0 N–H and O–H groups in total. The average Bonchev–Trinajstić information content (AvgIpc) is 2.67. The van der Waals surface area contributed by atoms with Crippen molar-refractivity contribution >= 4 is 15.9 Å². The predicted molar refractivity (Wildman–Crippen MR) is 99.1 cm³/mol. The van der Waals surface area contributed by atoms with Gasteiger partial charge in [-0.05, 0) is 31.0 Å². The Kier molecular flexibility index (Phi) is 7.43. The molecule has 1 aliphatic heterocycles. The number of benzene rings is 1. The fraction of sp³-hybridized carbons (Fsp3) is 0.611. The van der Waals surface area contributed by atoms with Gasteiger partial charge in [0.15, 0.2) is 0 Å². The summed E-state index contributed by atoms with van der Waals surface area (Å²) in [6.45, 7) is 6.62. The lowest BCUT2D eigenvalue weighted by Gasteiger charge is -2.27. The Bertz CT molecular complexity index is 708. The van der Waals surface area contributed by atoms with Gasteiger partial charge in [-0.15, -0.1) is 0 Å². The highest BCUT2D eigenvalue weighted by Crippen LogP contribution is 2.29. The normalized spacial score (nSPS) is 15.7. The summed E-state index contributed by atoms with van der Waals surface area (Å²) in [7, 11) is -2.33. The maximum absolute atomic E-state index is 13.0. The van der Waals surface area contributed by atoms with E-state index in [0.29, 0.717) is 45.0 Å². The number of amides is 1. The molecule has 1 heterocycles. The largest absolute Gasteiger partial charge is 0.495 e. The van der Waals surface area contributed by atoms with Crippen molar-refractivity contribution in [2.24, 2.45) is 0 Å². The summed E-state index contributed by atoms with van der Waals surface area (Å²) in [5.74, 6) is 0.0837. The van der Waals surface area contributed by atoms with E-state index in [1.807, 2.05) is 13.8 Å². The van der Waals surface area contributed by atoms with Gasteiger partial charge >= 0.3 is 0 Å². The van der Waals surface area contributed by atoms with E-state index in [1.54, 1.807) is 17.0 Å². The summed E-state index contributed by atoms with van der Waals surface area (Å²) in [6.07, 6.45) is 1.70. The molecule has 7 nitrogen and oxygen atoms in total. The minimum absolute atomic E-state index is 0.0284. The maximum Gasteiger partial charge on any atom is 0.253 e. The van der Waals surface area contributed by atoms with E-state index in [0.717, 1.165) is 12.8 Å². The number of nitrogens with zero attached hydrogens (tertiary/aromatic N) is 2. The second-order valence-corrected chi connectivity index (χ2v) is 8.08. The van der Waals surface area contributed by atoms with E-state index in [-0.39, 0.29) is 16.6 Å². The van der Waals surface area contributed by atoms with E-state index in [4.69, 9.17) is 9.47 Å². The van der Waals surface area contributed by atoms with Gasteiger partial charge in [0.25, 0.3) is 5.91 Å². The third-order valence-corrected chi connectivity index (χ3v) is 6.19. The highest BCUT2D eigenvalue weighted by molar-refractivity contribution is 7.89. The molecule has 0 aromatic heterocycles. The van der Waals surface area contributed by atoms with Crippen LogP contribution in [0.15, 0.2) is 23.1 Å². The average molecular weight is 384 g/mol. The summed E-state index contributed by atoms with van der Waals surface area (Å²) in [4.78, 5) is 14.6. The molecule has 1 aromatic carbocycles. The van der Waals surface area contributed by atoms with Gasteiger partial charge in [-0.2, -0.15) is 4.31 Å². The van der Waals surface area contributed by atoms with Crippen molar-refractivity contribution in [2.45, 2.75) is 31.6 Å². The van der Waals surface area contributed by atoms with Crippen LogP contribution in [0.25, 0.3) is 0 Å². The van der Waals surface area contributed by atoms with E-state index < -0.39 is 10.0 Å². The zero-order valence-corrected chi connectivity index (χ0v) is 16.5. The van der Waals surface area contributed by atoms with Crippen LogP contribution in [0, 0.1) is 0 Å². The lowest BCUT2D eigenvalue weighted by molar-refractivity contribution is 0.0729. The first kappa shape index (κ1) is 20.7. The molecule has 146 valence electrons. The Morgan fingerprint density at radius 1 is 1.19 bits per heavy atom. The van der Waals surface area contributed by atoms with Gasteiger partial charge in [0, 0.05) is 31.7 Å². The third-order valence-electron chi connectivity index (χ3n) is 4.27. The zero-order chi connectivity index (χ0) is 19.2. The van der Waals surface area contributed by atoms with Gasteiger partial charge in [0.1, 0.15) is 10.6 Å². The molecule has 1 fully saturated rings. The lowest BCUT2D eigenvalue weighted by Crippen LogP contribution is -2.40. The number of hydrogen-bond acceptors (Lipinski definition) is 5. The van der Waals surface area contributed by atoms with Crippen LogP contribution < -0.4 is 4.74 Å². The van der Waals surface area contributed by atoms with Gasteiger partial charge in [0.2, 0.25) is 10.0 Å². The molecule has 0 spiro atoms. The van der Waals surface area contributed by atoms with Crippen molar-refractivity contribution in [1.29, 1.82) is 0 Å². The number of carbonyl (C=O) groups excluding carboxylic acids is 1. The van der Waals surface area contributed by atoms with Gasteiger partial charge in [-0.3, -0.25) is 4.79 Å². The second-order valence-electron chi connectivity index (χ2n) is 6.17. The Hall–Kier alpha value is -1.64. The molecule has 0 saturated carbocycles. The minimum atomic E-state index is -3.75. The summed E-state index contributed by atoms with van der Waals surface area (Å²) >= 11 is 0. The van der Waals surface area contributed by atoms with Crippen molar-refractivity contribution in [2.75, 3.05) is 46.5 Å². The van der Waals surface area contributed by atoms with E-state index >= 15 is 0 Å². The molecule has 1 aromatic rings. The first-order chi connectivity index (χ1) is 12.5. The molecule has 0 atom stereocenters. The number of sulfonamides is 1. The first-order valence-corrected chi connectivity index (χ1v) is 10.4. The summed E-state index contributed by atoms with van der Waals surface area (Å²) in [6, 6.07) is 4.61. The number of carbonyl (C=O) groups is 1. The zero-order valence-electron chi connectivity index (χ0n) is 15.7. The predicted octanol–water partition coefficient (Wildman–Crippen LogP) is 1.98. The van der Waals surface area contributed by atoms with Gasteiger partial charge in [0.05, 0.1) is 20.3 Å². The number of morpholine rings is 1. The highest BCUT2D eigenvalue weighted by Gasteiger charge is 2.30. The van der Waals surface area contributed by atoms with Crippen molar-refractivity contribution in [3.63, 3.8) is 0 Å². The molecule has 1 saturated heterocycles. The van der Waals surface area contributed by atoms with Crippen molar-refractivity contribution < 1.29 is 22.7 Å². The fourth-order valence-corrected chi connectivity index (χ4v) is 4.56.